The number of allylic oxidation sites excluding steroid dienone is 1. The van der Waals surface area contributed by atoms with E-state index in [2.05, 4.69) is 15.4 Å². The van der Waals surface area contributed by atoms with Crippen molar-refractivity contribution in [2.75, 3.05) is 0 Å². The number of aromatic nitrogens is 3. The molecule has 0 amide bonds. The average Bonchev–Trinajstić information content (AvgIpc) is 2.91. The molecule has 0 aliphatic rings. The number of hydrogen-bond acceptors (Lipinski definition) is 3. The number of nitrogens with one attached hydrogen (secondary N) is 1. The van der Waals surface area contributed by atoms with Gasteiger partial charge in [-0.1, -0.05) is 47.7 Å². The van der Waals surface area contributed by atoms with Gasteiger partial charge < -0.3 is 5.11 Å². The molecule has 0 unspecified atom stereocenters. The Bertz CT molecular complexity index is 717. The van der Waals surface area contributed by atoms with E-state index in [-0.39, 0.29) is 5.75 Å². The number of hydrogen-bond donors (Lipinski definition) is 2. The summed E-state index contributed by atoms with van der Waals surface area (Å²) in [6.45, 7) is 0. The molecule has 1 aromatic heterocycles. The van der Waals surface area contributed by atoms with Crippen LogP contribution in [0.1, 0.15) is 11.1 Å². The fourth-order valence-electron chi connectivity index (χ4n) is 2.04. The Morgan fingerprint density at radius 1 is 1.11 bits per heavy atom. The first-order chi connectivity index (χ1) is 9.34. The van der Waals surface area contributed by atoms with E-state index in [9.17, 15) is 5.11 Å². The summed E-state index contributed by atoms with van der Waals surface area (Å²) >= 11 is 0. The Kier molecular flexibility index (Phi) is 2.98. The van der Waals surface area contributed by atoms with Gasteiger partial charge in [0, 0.05) is 5.56 Å². The number of phenols is 1. The fourth-order valence-corrected chi connectivity index (χ4v) is 2.04. The van der Waals surface area contributed by atoms with Crippen LogP contribution in [0.5, 0.6) is 5.75 Å². The average molecular weight is 251 g/mol. The molecule has 3 aromatic rings. The van der Waals surface area contributed by atoms with Crippen LogP contribution in [-0.2, 0) is 6.42 Å². The van der Waals surface area contributed by atoms with Gasteiger partial charge in [-0.05, 0) is 24.1 Å². The summed E-state index contributed by atoms with van der Waals surface area (Å²) in [5, 5.41) is 20.5. The third kappa shape index (κ3) is 2.33. The molecule has 0 saturated heterocycles. The van der Waals surface area contributed by atoms with Crippen LogP contribution in [0.3, 0.4) is 0 Å². The summed E-state index contributed by atoms with van der Waals surface area (Å²) in [7, 11) is 0. The van der Waals surface area contributed by atoms with Gasteiger partial charge in [0.25, 0.3) is 0 Å². The van der Waals surface area contributed by atoms with E-state index in [4.69, 9.17) is 0 Å². The number of fused-ring (bicyclic) bond motifs is 1. The highest BCUT2D eigenvalue weighted by atomic mass is 16.3. The smallest absolute Gasteiger partial charge is 0.121 e. The molecule has 0 aliphatic heterocycles. The number of H-pyrrole nitrogens is 1. The molecule has 4 heteroatoms. The Hall–Kier alpha value is -2.62. The monoisotopic (exact) mass is 251 g/mol. The zero-order valence-electron chi connectivity index (χ0n) is 10.2. The number of aromatic hydroxyl groups is 1. The highest BCUT2D eigenvalue weighted by Crippen LogP contribution is 2.25. The lowest BCUT2D eigenvalue weighted by atomic mass is 10.1. The summed E-state index contributed by atoms with van der Waals surface area (Å²) in [5.41, 5.74) is 3.48. The number of nitrogens with zero attached hydrogens (tertiary/aromatic N) is 2. The van der Waals surface area contributed by atoms with Crippen LogP contribution in [0.25, 0.3) is 17.1 Å². The maximum Gasteiger partial charge on any atom is 0.121 e. The predicted octanol–water partition coefficient (Wildman–Crippen LogP) is 2.92. The second-order valence-electron chi connectivity index (χ2n) is 4.29. The van der Waals surface area contributed by atoms with Gasteiger partial charge in [0.1, 0.15) is 11.3 Å². The zero-order valence-corrected chi connectivity index (χ0v) is 10.2. The number of rotatable bonds is 3. The molecule has 0 aliphatic carbocycles. The van der Waals surface area contributed by atoms with Crippen LogP contribution in [0.4, 0.5) is 0 Å². The minimum absolute atomic E-state index is 0.249. The van der Waals surface area contributed by atoms with Gasteiger partial charge in [-0.2, -0.15) is 0 Å². The van der Waals surface area contributed by atoms with Gasteiger partial charge in [0.05, 0.1) is 5.52 Å². The summed E-state index contributed by atoms with van der Waals surface area (Å²) in [6, 6.07) is 13.5. The zero-order chi connectivity index (χ0) is 13.1. The molecule has 0 radical (unpaired) electrons. The molecule has 4 nitrogen and oxygen atoms in total. The molecule has 3 rings (SSSR count). The van der Waals surface area contributed by atoms with Gasteiger partial charge in [-0.25, -0.2) is 0 Å². The molecule has 0 saturated carbocycles. The van der Waals surface area contributed by atoms with Crippen LogP contribution in [-0.4, -0.2) is 20.5 Å². The Morgan fingerprint density at radius 2 is 1.95 bits per heavy atom. The topological polar surface area (TPSA) is 61.8 Å². The van der Waals surface area contributed by atoms with Gasteiger partial charge in [-0.15, -0.1) is 5.10 Å². The third-order valence-corrected chi connectivity index (χ3v) is 3.01. The molecule has 0 fully saturated rings. The molecule has 2 N–H and O–H groups in total. The van der Waals surface area contributed by atoms with E-state index in [1.807, 2.05) is 42.5 Å². The van der Waals surface area contributed by atoms with Crippen molar-refractivity contribution < 1.29 is 5.11 Å². The molecular formula is C15H13N3O. The minimum Gasteiger partial charge on any atom is -0.508 e. The molecule has 0 spiro atoms. The van der Waals surface area contributed by atoms with Gasteiger partial charge in [0.15, 0.2) is 0 Å². The van der Waals surface area contributed by atoms with Crippen molar-refractivity contribution in [3.63, 3.8) is 0 Å². The van der Waals surface area contributed by atoms with Crippen molar-refractivity contribution in [3.8, 4) is 5.75 Å². The molecule has 0 bridgehead atoms. The Balaban J connectivity index is 1.87. The molecular weight excluding hydrogens is 238 g/mol. The second-order valence-corrected chi connectivity index (χ2v) is 4.29. The van der Waals surface area contributed by atoms with Crippen LogP contribution < -0.4 is 0 Å². The first-order valence-corrected chi connectivity index (χ1v) is 6.08. The molecule has 19 heavy (non-hydrogen) atoms. The summed E-state index contributed by atoms with van der Waals surface area (Å²) in [4.78, 5) is 0. The first-order valence-electron chi connectivity index (χ1n) is 6.08. The molecule has 1 heterocycles. The quantitative estimate of drug-likeness (QED) is 0.752. The molecule has 2 aromatic carbocycles. The molecule has 94 valence electrons. The van der Waals surface area contributed by atoms with Gasteiger partial charge in [0.2, 0.25) is 0 Å². The Morgan fingerprint density at radius 3 is 2.79 bits per heavy atom. The van der Waals surface area contributed by atoms with Crippen LogP contribution in [0, 0.1) is 0 Å². The highest BCUT2D eigenvalue weighted by molar-refractivity contribution is 5.80. The summed E-state index contributed by atoms with van der Waals surface area (Å²) < 4.78 is 0. The normalized spacial score (nSPS) is 11.4. The first kappa shape index (κ1) is 11.5. The van der Waals surface area contributed by atoms with Crippen molar-refractivity contribution in [2.24, 2.45) is 0 Å². The number of benzene rings is 2. The minimum atomic E-state index is 0.249. The van der Waals surface area contributed by atoms with E-state index >= 15 is 0 Å². The maximum atomic E-state index is 9.91. The van der Waals surface area contributed by atoms with Crippen LogP contribution >= 0.6 is 0 Å². The van der Waals surface area contributed by atoms with Gasteiger partial charge in [-0.3, -0.25) is 5.10 Å². The van der Waals surface area contributed by atoms with E-state index in [1.54, 1.807) is 12.1 Å². The highest BCUT2D eigenvalue weighted by Gasteiger charge is 2.08. The van der Waals surface area contributed by atoms with Crippen molar-refractivity contribution in [3.05, 3.63) is 59.7 Å². The van der Waals surface area contributed by atoms with Crippen molar-refractivity contribution in [1.82, 2.24) is 15.4 Å². The predicted molar refractivity (Wildman–Crippen MR) is 74.7 cm³/mol. The summed E-state index contributed by atoms with van der Waals surface area (Å²) in [5.74, 6) is 0.249. The third-order valence-electron chi connectivity index (χ3n) is 3.01. The lowest BCUT2D eigenvalue weighted by molar-refractivity contribution is 0.470. The van der Waals surface area contributed by atoms with Crippen LogP contribution in [0.2, 0.25) is 0 Å². The van der Waals surface area contributed by atoms with E-state index < -0.39 is 0 Å². The van der Waals surface area contributed by atoms with Gasteiger partial charge >= 0.3 is 0 Å². The second kappa shape index (κ2) is 4.94. The summed E-state index contributed by atoms with van der Waals surface area (Å²) in [6.07, 6.45) is 4.65. The van der Waals surface area contributed by atoms with Crippen molar-refractivity contribution in [1.29, 1.82) is 0 Å². The van der Waals surface area contributed by atoms with Crippen molar-refractivity contribution in [2.45, 2.75) is 6.42 Å². The SMILES string of the molecule is Oc1ccc2[nH]nnc2c1CC=Cc1ccccc1. The molecule has 0 atom stereocenters. The lowest BCUT2D eigenvalue weighted by Crippen LogP contribution is -1.86. The maximum absolute atomic E-state index is 9.91. The Labute approximate surface area is 110 Å². The fraction of sp³-hybridized carbons (Fsp3) is 0.0667. The largest absolute Gasteiger partial charge is 0.508 e. The lowest BCUT2D eigenvalue weighted by Gasteiger charge is -2.01. The van der Waals surface area contributed by atoms with E-state index in [1.165, 1.54) is 0 Å². The number of aromatic amines is 1. The van der Waals surface area contributed by atoms with E-state index in [0.717, 1.165) is 22.2 Å². The number of phenolic OH excluding ortho intramolecular Hbond substituents is 1. The standard InChI is InChI=1S/C15H13N3O/c19-14-10-9-13-15(17-18-16-13)12(14)8-4-7-11-5-2-1-3-6-11/h1-7,9-10,19H,8H2,(H,16,17,18). The van der Waals surface area contributed by atoms with Crippen molar-refractivity contribution >= 4 is 17.1 Å². The van der Waals surface area contributed by atoms with E-state index in [0.29, 0.717) is 6.42 Å². The van der Waals surface area contributed by atoms with Crippen LogP contribution in [0.15, 0.2) is 48.5 Å².